The van der Waals surface area contributed by atoms with E-state index in [1.165, 1.54) is 5.56 Å². The molecule has 0 saturated carbocycles. The quantitative estimate of drug-likeness (QED) is 0.663. The molecule has 0 unspecified atom stereocenters. The maximum absolute atomic E-state index is 6.05. The van der Waals surface area contributed by atoms with Crippen molar-refractivity contribution in [2.24, 2.45) is 0 Å². The highest BCUT2D eigenvalue weighted by Crippen LogP contribution is 2.42. The normalized spacial score (nSPS) is 14.9. The van der Waals surface area contributed by atoms with Crippen molar-refractivity contribution < 1.29 is 9.47 Å². The molecule has 24 heavy (non-hydrogen) atoms. The third-order valence-electron chi connectivity index (χ3n) is 4.00. The molecule has 1 aliphatic rings. The van der Waals surface area contributed by atoms with E-state index in [0.717, 1.165) is 34.2 Å². The molecular formula is C20H19NO2S. The van der Waals surface area contributed by atoms with Gasteiger partial charge in [-0.05, 0) is 19.9 Å². The molecule has 0 N–H and O–H groups in total. The molecule has 0 bridgehead atoms. The second-order valence-electron chi connectivity index (χ2n) is 6.58. The van der Waals surface area contributed by atoms with Gasteiger partial charge in [-0.1, -0.05) is 42.5 Å². The number of thiazole rings is 1. The van der Waals surface area contributed by atoms with Crippen molar-refractivity contribution >= 4 is 11.3 Å². The topological polar surface area (TPSA) is 31.4 Å². The molecule has 0 radical (unpaired) electrons. The average molecular weight is 337 g/mol. The smallest absolute Gasteiger partial charge is 0.165 e. The zero-order chi connectivity index (χ0) is 16.6. The summed E-state index contributed by atoms with van der Waals surface area (Å²) in [5.74, 6) is 1.67. The Morgan fingerprint density at radius 3 is 2.79 bits per heavy atom. The van der Waals surface area contributed by atoms with Gasteiger partial charge < -0.3 is 9.47 Å². The van der Waals surface area contributed by atoms with Crippen molar-refractivity contribution in [2.45, 2.75) is 32.5 Å². The van der Waals surface area contributed by atoms with Crippen LogP contribution in [-0.4, -0.2) is 10.6 Å². The number of rotatable bonds is 4. The largest absolute Gasteiger partial charge is 0.483 e. The monoisotopic (exact) mass is 337 g/mol. The minimum Gasteiger partial charge on any atom is -0.483 e. The highest BCUT2D eigenvalue weighted by atomic mass is 32.1. The van der Waals surface area contributed by atoms with Gasteiger partial charge in [0.15, 0.2) is 11.5 Å². The molecule has 1 aliphatic heterocycles. The summed E-state index contributed by atoms with van der Waals surface area (Å²) in [5, 5.41) is 3.07. The molecule has 122 valence electrons. The first-order valence-electron chi connectivity index (χ1n) is 8.04. The zero-order valence-corrected chi connectivity index (χ0v) is 14.6. The summed E-state index contributed by atoms with van der Waals surface area (Å²) in [4.78, 5) is 4.67. The lowest BCUT2D eigenvalue weighted by molar-refractivity contribution is 0.131. The molecule has 2 heterocycles. The Hall–Kier alpha value is -2.33. The summed E-state index contributed by atoms with van der Waals surface area (Å²) in [5.41, 5.74) is 3.12. The number of nitrogens with zero attached hydrogens (tertiary/aromatic N) is 1. The van der Waals surface area contributed by atoms with Gasteiger partial charge in [0.05, 0.1) is 5.69 Å². The molecule has 3 aromatic rings. The van der Waals surface area contributed by atoms with Crippen molar-refractivity contribution in [2.75, 3.05) is 0 Å². The highest BCUT2D eigenvalue weighted by molar-refractivity contribution is 7.13. The summed E-state index contributed by atoms with van der Waals surface area (Å²) >= 11 is 1.64. The maximum atomic E-state index is 6.05. The van der Waals surface area contributed by atoms with Crippen LogP contribution in [0, 0.1) is 0 Å². The lowest BCUT2D eigenvalue weighted by Gasteiger charge is -2.18. The Balaban J connectivity index is 1.49. The van der Waals surface area contributed by atoms with Crippen LogP contribution in [0.3, 0.4) is 0 Å². The first kappa shape index (κ1) is 15.2. The fraction of sp³-hybridized carbons (Fsp3) is 0.250. The Labute approximate surface area is 145 Å². The van der Waals surface area contributed by atoms with E-state index >= 15 is 0 Å². The van der Waals surface area contributed by atoms with Crippen LogP contribution >= 0.6 is 11.3 Å². The second-order valence-corrected chi connectivity index (χ2v) is 7.44. The molecule has 0 aliphatic carbocycles. The van der Waals surface area contributed by atoms with E-state index < -0.39 is 0 Å². The summed E-state index contributed by atoms with van der Waals surface area (Å²) in [6, 6.07) is 16.3. The van der Waals surface area contributed by atoms with Crippen LogP contribution in [0.4, 0.5) is 0 Å². The van der Waals surface area contributed by atoms with Gasteiger partial charge in [0.2, 0.25) is 0 Å². The van der Waals surface area contributed by atoms with Crippen molar-refractivity contribution in [3.05, 3.63) is 65.2 Å². The summed E-state index contributed by atoms with van der Waals surface area (Å²) < 4.78 is 12.0. The van der Waals surface area contributed by atoms with E-state index in [1.54, 1.807) is 11.3 Å². The van der Waals surface area contributed by atoms with E-state index in [4.69, 9.17) is 9.47 Å². The number of aromatic nitrogens is 1. The molecule has 0 atom stereocenters. The fourth-order valence-corrected chi connectivity index (χ4v) is 3.75. The minimum absolute atomic E-state index is 0.164. The third-order valence-corrected chi connectivity index (χ3v) is 4.94. The predicted molar refractivity (Wildman–Crippen MR) is 96.7 cm³/mol. The zero-order valence-electron chi connectivity index (χ0n) is 13.8. The van der Waals surface area contributed by atoms with Crippen molar-refractivity contribution in [3.63, 3.8) is 0 Å². The van der Waals surface area contributed by atoms with E-state index in [1.807, 2.05) is 30.3 Å². The summed E-state index contributed by atoms with van der Waals surface area (Å²) in [7, 11) is 0. The summed E-state index contributed by atoms with van der Waals surface area (Å²) in [6.45, 7) is 4.65. The minimum atomic E-state index is -0.164. The van der Waals surface area contributed by atoms with Gasteiger partial charge in [0, 0.05) is 22.9 Å². The van der Waals surface area contributed by atoms with E-state index in [9.17, 15) is 0 Å². The first-order chi connectivity index (χ1) is 11.6. The van der Waals surface area contributed by atoms with Gasteiger partial charge in [0.25, 0.3) is 0 Å². The van der Waals surface area contributed by atoms with Crippen LogP contribution < -0.4 is 9.47 Å². The van der Waals surface area contributed by atoms with Gasteiger partial charge in [-0.3, -0.25) is 0 Å². The molecule has 0 spiro atoms. The van der Waals surface area contributed by atoms with Crippen LogP contribution in [0.2, 0.25) is 0 Å². The Morgan fingerprint density at radius 1 is 1.12 bits per heavy atom. The Kier molecular flexibility index (Phi) is 3.77. The van der Waals surface area contributed by atoms with Crippen molar-refractivity contribution in [1.29, 1.82) is 0 Å². The molecule has 0 fully saturated rings. The van der Waals surface area contributed by atoms with Gasteiger partial charge in [-0.2, -0.15) is 0 Å². The van der Waals surface area contributed by atoms with Gasteiger partial charge in [0.1, 0.15) is 17.2 Å². The molecule has 0 saturated heterocycles. The molecule has 0 amide bonds. The lowest BCUT2D eigenvalue weighted by atomic mass is 10.0. The van der Waals surface area contributed by atoms with Gasteiger partial charge in [-0.15, -0.1) is 11.3 Å². The van der Waals surface area contributed by atoms with Crippen LogP contribution in [0.5, 0.6) is 11.5 Å². The molecule has 2 aromatic carbocycles. The van der Waals surface area contributed by atoms with Gasteiger partial charge in [-0.25, -0.2) is 4.98 Å². The number of hydrogen-bond acceptors (Lipinski definition) is 4. The second kappa shape index (κ2) is 5.95. The maximum Gasteiger partial charge on any atom is 0.165 e. The molecular weight excluding hydrogens is 318 g/mol. The Morgan fingerprint density at radius 2 is 1.96 bits per heavy atom. The lowest BCUT2D eigenvalue weighted by Crippen LogP contribution is -2.24. The molecule has 4 rings (SSSR count). The number of benzene rings is 2. The van der Waals surface area contributed by atoms with Crippen LogP contribution in [-0.2, 0) is 13.0 Å². The van der Waals surface area contributed by atoms with Crippen LogP contribution in [0.25, 0.3) is 10.6 Å². The van der Waals surface area contributed by atoms with Crippen molar-refractivity contribution in [3.8, 4) is 22.1 Å². The van der Waals surface area contributed by atoms with Gasteiger partial charge >= 0.3 is 0 Å². The predicted octanol–water partition coefficient (Wildman–Crippen LogP) is 5.10. The number of hydrogen-bond donors (Lipinski definition) is 0. The van der Waals surface area contributed by atoms with E-state index in [2.05, 4.69) is 42.4 Å². The highest BCUT2D eigenvalue weighted by Gasteiger charge is 2.32. The van der Waals surface area contributed by atoms with E-state index in [0.29, 0.717) is 6.61 Å². The Bertz CT molecular complexity index is 855. The van der Waals surface area contributed by atoms with Crippen LogP contribution in [0.1, 0.15) is 25.1 Å². The molecule has 3 nitrogen and oxygen atoms in total. The number of ether oxygens (including phenoxy) is 2. The fourth-order valence-electron chi connectivity index (χ4n) is 2.94. The molecule has 1 aromatic heterocycles. The van der Waals surface area contributed by atoms with Crippen molar-refractivity contribution in [1.82, 2.24) is 4.98 Å². The third kappa shape index (κ3) is 3.02. The van der Waals surface area contributed by atoms with Crippen LogP contribution in [0.15, 0.2) is 53.9 Å². The number of fused-ring (bicyclic) bond motifs is 1. The molecule has 4 heteroatoms. The number of para-hydroxylation sites is 1. The average Bonchev–Trinajstić information content (AvgIpc) is 3.16. The SMILES string of the molecule is CC1(C)Cc2cccc(OCc3csc(-c4ccccc4)n3)c2O1. The standard InChI is InChI=1S/C20H19NO2S/c1-20(2)11-15-9-6-10-17(18(15)23-20)22-12-16-13-24-19(21-16)14-7-4-3-5-8-14/h3-10,13H,11-12H2,1-2H3. The van der Waals surface area contributed by atoms with E-state index in [-0.39, 0.29) is 5.60 Å². The first-order valence-corrected chi connectivity index (χ1v) is 8.92. The summed E-state index contributed by atoms with van der Waals surface area (Å²) in [6.07, 6.45) is 0.911.